The first kappa shape index (κ1) is 11.4. The third kappa shape index (κ3) is 4.77. The first-order valence-corrected chi connectivity index (χ1v) is 5.53. The fourth-order valence-corrected chi connectivity index (χ4v) is 1.47. The van der Waals surface area contributed by atoms with Gasteiger partial charge in [-0.05, 0) is 20.5 Å². The highest BCUT2D eigenvalue weighted by atomic mass is 35.5. The number of hydrogen-bond donors (Lipinski definition) is 2. The Morgan fingerprint density at radius 1 is 1.45 bits per heavy atom. The molecule has 0 aromatic carbocycles. The van der Waals surface area contributed by atoms with E-state index in [-0.39, 0.29) is 0 Å². The van der Waals surface area contributed by atoms with E-state index in [0.29, 0.717) is 18.9 Å². The standard InChI is InChI=1S/C5H14ClN2O2P/c1-7-11(9,8-2)10-5-3-4-6/h3-5H2,1-2H3,(H2,7,8,9). The van der Waals surface area contributed by atoms with Crippen molar-refractivity contribution in [1.29, 1.82) is 0 Å². The summed E-state index contributed by atoms with van der Waals surface area (Å²) in [4.78, 5) is 0. The maximum atomic E-state index is 11.3. The van der Waals surface area contributed by atoms with Gasteiger partial charge in [-0.15, -0.1) is 11.6 Å². The quantitative estimate of drug-likeness (QED) is 0.384. The number of alkyl halides is 1. The van der Waals surface area contributed by atoms with E-state index in [4.69, 9.17) is 16.1 Å². The van der Waals surface area contributed by atoms with Crippen molar-refractivity contribution in [2.24, 2.45) is 0 Å². The molecule has 0 rings (SSSR count). The monoisotopic (exact) mass is 200 g/mol. The van der Waals surface area contributed by atoms with Crippen molar-refractivity contribution in [2.45, 2.75) is 6.42 Å². The molecule has 0 aromatic rings. The Kier molecular flexibility index (Phi) is 6.19. The van der Waals surface area contributed by atoms with Crippen molar-refractivity contribution in [3.63, 3.8) is 0 Å². The SMILES string of the molecule is CNP(=O)(NC)OCCCCl. The van der Waals surface area contributed by atoms with E-state index < -0.39 is 7.67 Å². The average molecular weight is 201 g/mol. The van der Waals surface area contributed by atoms with E-state index in [2.05, 4.69) is 10.2 Å². The molecule has 0 heterocycles. The van der Waals surface area contributed by atoms with E-state index in [0.717, 1.165) is 0 Å². The van der Waals surface area contributed by atoms with Crippen LogP contribution in [-0.2, 0) is 9.09 Å². The van der Waals surface area contributed by atoms with Crippen LogP contribution in [0.25, 0.3) is 0 Å². The number of rotatable bonds is 6. The predicted octanol–water partition coefficient (Wildman–Crippen LogP) is 1.18. The van der Waals surface area contributed by atoms with Crippen molar-refractivity contribution in [3.05, 3.63) is 0 Å². The zero-order chi connectivity index (χ0) is 8.74. The van der Waals surface area contributed by atoms with Crippen LogP contribution in [0.15, 0.2) is 0 Å². The summed E-state index contributed by atoms with van der Waals surface area (Å²) in [5.41, 5.74) is 0. The molecule has 11 heavy (non-hydrogen) atoms. The smallest absolute Gasteiger partial charge is 0.306 e. The third-order valence-corrected chi connectivity index (χ3v) is 3.13. The summed E-state index contributed by atoms with van der Waals surface area (Å²) in [6, 6.07) is 0. The molecular weight excluding hydrogens is 186 g/mol. The molecule has 6 heteroatoms. The number of nitrogens with one attached hydrogen (secondary N) is 2. The van der Waals surface area contributed by atoms with Gasteiger partial charge >= 0.3 is 7.67 Å². The van der Waals surface area contributed by atoms with Crippen LogP contribution in [0.2, 0.25) is 0 Å². The van der Waals surface area contributed by atoms with E-state index in [9.17, 15) is 4.57 Å². The lowest BCUT2D eigenvalue weighted by atomic mass is 10.5. The average Bonchev–Trinajstić information content (AvgIpc) is 2.05. The first-order chi connectivity index (χ1) is 5.18. The lowest BCUT2D eigenvalue weighted by Gasteiger charge is -2.15. The Morgan fingerprint density at radius 2 is 2.00 bits per heavy atom. The zero-order valence-corrected chi connectivity index (χ0v) is 8.41. The van der Waals surface area contributed by atoms with Gasteiger partial charge in [0.25, 0.3) is 0 Å². The van der Waals surface area contributed by atoms with E-state index in [1.807, 2.05) is 0 Å². The molecule has 0 radical (unpaired) electrons. The zero-order valence-electron chi connectivity index (χ0n) is 6.76. The summed E-state index contributed by atoms with van der Waals surface area (Å²) < 4.78 is 16.4. The van der Waals surface area contributed by atoms with Gasteiger partial charge in [0.1, 0.15) is 0 Å². The largest absolute Gasteiger partial charge is 0.340 e. The molecule has 0 atom stereocenters. The Morgan fingerprint density at radius 3 is 2.36 bits per heavy atom. The maximum Gasteiger partial charge on any atom is 0.340 e. The van der Waals surface area contributed by atoms with Gasteiger partial charge in [0.05, 0.1) is 6.61 Å². The number of halogens is 1. The van der Waals surface area contributed by atoms with E-state index in [1.165, 1.54) is 0 Å². The maximum absolute atomic E-state index is 11.3. The minimum absolute atomic E-state index is 0.405. The Hall–Kier alpha value is 0.400. The number of hydrogen-bond acceptors (Lipinski definition) is 2. The van der Waals surface area contributed by atoms with Crippen molar-refractivity contribution in [1.82, 2.24) is 10.2 Å². The van der Waals surface area contributed by atoms with Gasteiger partial charge in [0, 0.05) is 5.88 Å². The van der Waals surface area contributed by atoms with Crippen LogP contribution in [-0.4, -0.2) is 26.6 Å². The van der Waals surface area contributed by atoms with Crippen molar-refractivity contribution >= 4 is 19.3 Å². The second-order valence-electron chi connectivity index (χ2n) is 1.87. The van der Waals surface area contributed by atoms with Crippen LogP contribution in [0.4, 0.5) is 0 Å². The van der Waals surface area contributed by atoms with Gasteiger partial charge in [-0.3, -0.25) is 4.57 Å². The summed E-state index contributed by atoms with van der Waals surface area (Å²) in [6.07, 6.45) is 0.703. The van der Waals surface area contributed by atoms with Crippen molar-refractivity contribution < 1.29 is 9.09 Å². The van der Waals surface area contributed by atoms with Gasteiger partial charge in [0.2, 0.25) is 0 Å². The lowest BCUT2D eigenvalue weighted by Crippen LogP contribution is -2.18. The van der Waals surface area contributed by atoms with Crippen LogP contribution >= 0.6 is 19.3 Å². The molecule has 0 spiro atoms. The van der Waals surface area contributed by atoms with Crippen LogP contribution in [0, 0.1) is 0 Å². The van der Waals surface area contributed by atoms with Crippen LogP contribution in [0.1, 0.15) is 6.42 Å². The van der Waals surface area contributed by atoms with Crippen LogP contribution in [0.3, 0.4) is 0 Å². The third-order valence-electron chi connectivity index (χ3n) is 1.14. The van der Waals surface area contributed by atoms with Gasteiger partial charge in [-0.1, -0.05) is 0 Å². The molecule has 0 fully saturated rings. The predicted molar refractivity (Wildman–Crippen MR) is 47.0 cm³/mol. The normalized spacial score (nSPS) is 11.9. The van der Waals surface area contributed by atoms with Crippen LogP contribution in [0.5, 0.6) is 0 Å². The lowest BCUT2D eigenvalue weighted by molar-refractivity contribution is 0.302. The minimum atomic E-state index is -2.77. The summed E-state index contributed by atoms with van der Waals surface area (Å²) in [5.74, 6) is 0.521. The second-order valence-corrected chi connectivity index (χ2v) is 4.51. The molecule has 0 aliphatic carbocycles. The Balaban J connectivity index is 3.61. The van der Waals surface area contributed by atoms with Gasteiger partial charge in [-0.25, -0.2) is 10.2 Å². The molecule has 0 amide bonds. The second kappa shape index (κ2) is 5.98. The highest BCUT2D eigenvalue weighted by Crippen LogP contribution is 2.35. The fourth-order valence-electron chi connectivity index (χ4n) is 0.489. The highest BCUT2D eigenvalue weighted by molar-refractivity contribution is 7.54. The molecule has 0 aromatic heterocycles. The molecular formula is C5H14ClN2O2P. The summed E-state index contributed by atoms with van der Waals surface area (Å²) in [7, 11) is 0.393. The van der Waals surface area contributed by atoms with Gasteiger partial charge < -0.3 is 4.52 Å². The summed E-state index contributed by atoms with van der Waals surface area (Å²) in [6.45, 7) is 0.405. The molecule has 68 valence electrons. The molecule has 0 aliphatic heterocycles. The first-order valence-electron chi connectivity index (χ1n) is 3.37. The fraction of sp³-hybridized carbons (Fsp3) is 1.00. The van der Waals surface area contributed by atoms with Crippen molar-refractivity contribution in [3.8, 4) is 0 Å². The Bertz CT molecular complexity index is 136. The van der Waals surface area contributed by atoms with Crippen LogP contribution < -0.4 is 10.2 Å². The molecule has 0 aliphatic rings. The highest BCUT2D eigenvalue weighted by Gasteiger charge is 2.16. The summed E-state index contributed by atoms with van der Waals surface area (Å²) >= 11 is 5.41. The minimum Gasteiger partial charge on any atom is -0.306 e. The molecule has 0 unspecified atom stereocenters. The Labute approximate surface area is 72.2 Å². The van der Waals surface area contributed by atoms with Gasteiger partial charge in [-0.2, -0.15) is 0 Å². The van der Waals surface area contributed by atoms with E-state index in [1.54, 1.807) is 14.1 Å². The molecule has 0 saturated carbocycles. The van der Waals surface area contributed by atoms with E-state index >= 15 is 0 Å². The summed E-state index contributed by atoms with van der Waals surface area (Å²) in [5, 5.41) is 5.13. The molecule has 0 saturated heterocycles. The molecule has 0 bridgehead atoms. The topological polar surface area (TPSA) is 50.4 Å². The molecule has 4 nitrogen and oxygen atoms in total. The van der Waals surface area contributed by atoms with Crippen molar-refractivity contribution in [2.75, 3.05) is 26.6 Å². The molecule has 2 N–H and O–H groups in total. The van der Waals surface area contributed by atoms with Gasteiger partial charge in [0.15, 0.2) is 0 Å².